The smallest absolute Gasteiger partial charge is 0.408 e. The van der Waals surface area contributed by atoms with Gasteiger partial charge in [-0.2, -0.15) is 0 Å². The zero-order chi connectivity index (χ0) is 11.2. The molecule has 0 fully saturated rings. The molecule has 4 nitrogen and oxygen atoms in total. The van der Waals surface area contributed by atoms with Gasteiger partial charge in [0.25, 0.3) is 0 Å². The van der Waals surface area contributed by atoms with E-state index in [1.54, 1.807) is 7.05 Å². The third-order valence-corrected chi connectivity index (χ3v) is 2.54. The lowest BCUT2D eigenvalue weighted by Crippen LogP contribution is -2.28. The number of nitrogens with zero attached hydrogens (tertiary/aromatic N) is 1. The molecule has 0 unspecified atom stereocenters. The van der Waals surface area contributed by atoms with E-state index in [9.17, 15) is 4.79 Å². The molecule has 0 aliphatic heterocycles. The SMILES string of the molecule is Cn1c(=O)oc2cc(C(C)(C)N)ccc21. The normalized spacial score (nSPS) is 12.3. The molecule has 2 N–H and O–H groups in total. The first-order valence-corrected chi connectivity index (χ1v) is 4.78. The largest absolute Gasteiger partial charge is 0.419 e. The van der Waals surface area contributed by atoms with Gasteiger partial charge in [0.05, 0.1) is 5.52 Å². The van der Waals surface area contributed by atoms with Crippen molar-refractivity contribution >= 4 is 11.1 Å². The Labute approximate surface area is 87.3 Å². The zero-order valence-electron chi connectivity index (χ0n) is 9.07. The highest BCUT2D eigenvalue weighted by Crippen LogP contribution is 2.21. The number of oxazole rings is 1. The molecule has 2 rings (SSSR count). The fourth-order valence-electron chi connectivity index (χ4n) is 1.53. The quantitative estimate of drug-likeness (QED) is 0.765. The molecule has 0 aliphatic rings. The van der Waals surface area contributed by atoms with E-state index >= 15 is 0 Å². The summed E-state index contributed by atoms with van der Waals surface area (Å²) in [5, 5.41) is 0. The molecule has 15 heavy (non-hydrogen) atoms. The maximum Gasteiger partial charge on any atom is 0.419 e. The number of fused-ring (bicyclic) bond motifs is 1. The predicted molar refractivity (Wildman–Crippen MR) is 58.7 cm³/mol. The highest BCUT2D eigenvalue weighted by Gasteiger charge is 2.16. The third-order valence-electron chi connectivity index (χ3n) is 2.54. The second kappa shape index (κ2) is 2.97. The molecule has 1 aromatic heterocycles. The Bertz CT molecular complexity index is 558. The summed E-state index contributed by atoms with van der Waals surface area (Å²) in [5.74, 6) is -0.350. The number of nitrogens with two attached hydrogens (primary N) is 1. The Morgan fingerprint density at radius 3 is 2.67 bits per heavy atom. The van der Waals surface area contributed by atoms with Crippen LogP contribution >= 0.6 is 0 Å². The van der Waals surface area contributed by atoms with Crippen LogP contribution in [-0.2, 0) is 12.6 Å². The van der Waals surface area contributed by atoms with Crippen LogP contribution in [0.4, 0.5) is 0 Å². The summed E-state index contributed by atoms with van der Waals surface area (Å²) in [6.45, 7) is 3.82. The topological polar surface area (TPSA) is 61.2 Å². The Morgan fingerprint density at radius 1 is 1.40 bits per heavy atom. The molecule has 0 bridgehead atoms. The second-order valence-electron chi connectivity index (χ2n) is 4.33. The van der Waals surface area contributed by atoms with E-state index in [0.717, 1.165) is 11.1 Å². The molecule has 0 amide bonds. The average Bonchev–Trinajstić information content (AvgIpc) is 2.41. The number of rotatable bonds is 1. The van der Waals surface area contributed by atoms with Crippen LogP contribution in [0.3, 0.4) is 0 Å². The number of aryl methyl sites for hydroxylation is 1. The van der Waals surface area contributed by atoms with Crippen LogP contribution in [-0.4, -0.2) is 4.57 Å². The van der Waals surface area contributed by atoms with Crippen molar-refractivity contribution in [1.29, 1.82) is 0 Å². The van der Waals surface area contributed by atoms with Crippen LogP contribution in [0.1, 0.15) is 19.4 Å². The lowest BCUT2D eigenvalue weighted by atomic mass is 9.95. The summed E-state index contributed by atoms with van der Waals surface area (Å²) >= 11 is 0. The van der Waals surface area contributed by atoms with Crippen molar-refractivity contribution in [3.8, 4) is 0 Å². The summed E-state index contributed by atoms with van der Waals surface area (Å²) in [5.41, 5.74) is 7.85. The Hall–Kier alpha value is -1.55. The lowest BCUT2D eigenvalue weighted by molar-refractivity contribution is 0.523. The van der Waals surface area contributed by atoms with Crippen LogP contribution in [0, 0.1) is 0 Å². The van der Waals surface area contributed by atoms with Crippen LogP contribution in [0.25, 0.3) is 11.1 Å². The standard InChI is InChI=1S/C11H14N2O2/c1-11(2,12)7-4-5-8-9(6-7)15-10(14)13(8)3/h4-6H,12H2,1-3H3. The van der Waals surface area contributed by atoms with Gasteiger partial charge < -0.3 is 10.2 Å². The summed E-state index contributed by atoms with van der Waals surface area (Å²) in [6.07, 6.45) is 0. The lowest BCUT2D eigenvalue weighted by Gasteiger charge is -2.18. The molecule has 2 aromatic rings. The van der Waals surface area contributed by atoms with Crippen molar-refractivity contribution in [2.45, 2.75) is 19.4 Å². The van der Waals surface area contributed by atoms with Gasteiger partial charge in [0.2, 0.25) is 0 Å². The summed E-state index contributed by atoms with van der Waals surface area (Å²) < 4.78 is 6.56. The van der Waals surface area contributed by atoms with Crippen molar-refractivity contribution in [1.82, 2.24) is 4.57 Å². The van der Waals surface area contributed by atoms with Gasteiger partial charge in [-0.1, -0.05) is 6.07 Å². The predicted octanol–water partition coefficient (Wildman–Crippen LogP) is 1.33. The minimum absolute atomic E-state index is 0.350. The van der Waals surface area contributed by atoms with Gasteiger partial charge in [0.15, 0.2) is 5.58 Å². The molecule has 0 spiro atoms. The highest BCUT2D eigenvalue weighted by atomic mass is 16.4. The van der Waals surface area contributed by atoms with Gasteiger partial charge >= 0.3 is 5.76 Å². The van der Waals surface area contributed by atoms with Gasteiger partial charge in [-0.05, 0) is 31.5 Å². The van der Waals surface area contributed by atoms with Gasteiger partial charge in [0.1, 0.15) is 0 Å². The molecule has 0 atom stereocenters. The number of benzene rings is 1. The van der Waals surface area contributed by atoms with Crippen LogP contribution < -0.4 is 11.5 Å². The fraction of sp³-hybridized carbons (Fsp3) is 0.364. The first-order valence-electron chi connectivity index (χ1n) is 4.78. The van der Waals surface area contributed by atoms with E-state index in [0.29, 0.717) is 5.58 Å². The molecule has 0 aliphatic carbocycles. The molecular formula is C11H14N2O2. The maximum absolute atomic E-state index is 11.3. The van der Waals surface area contributed by atoms with E-state index in [2.05, 4.69) is 0 Å². The Kier molecular flexibility index (Phi) is 1.98. The monoisotopic (exact) mass is 206 g/mol. The van der Waals surface area contributed by atoms with Crippen LogP contribution in [0.2, 0.25) is 0 Å². The van der Waals surface area contributed by atoms with Gasteiger partial charge in [-0.25, -0.2) is 4.79 Å². The average molecular weight is 206 g/mol. The van der Waals surface area contributed by atoms with Gasteiger partial charge in [-0.3, -0.25) is 4.57 Å². The van der Waals surface area contributed by atoms with E-state index < -0.39 is 5.54 Å². The van der Waals surface area contributed by atoms with E-state index in [1.165, 1.54) is 4.57 Å². The molecule has 0 radical (unpaired) electrons. The number of hydrogen-bond acceptors (Lipinski definition) is 3. The van der Waals surface area contributed by atoms with E-state index in [4.69, 9.17) is 10.2 Å². The van der Waals surface area contributed by atoms with Gasteiger partial charge in [-0.15, -0.1) is 0 Å². The van der Waals surface area contributed by atoms with Crippen molar-refractivity contribution in [2.24, 2.45) is 12.8 Å². The maximum atomic E-state index is 11.3. The molecule has 4 heteroatoms. The molecule has 80 valence electrons. The Morgan fingerprint density at radius 2 is 2.07 bits per heavy atom. The van der Waals surface area contributed by atoms with Crippen LogP contribution in [0.5, 0.6) is 0 Å². The minimum atomic E-state index is -0.428. The van der Waals surface area contributed by atoms with Crippen molar-refractivity contribution in [2.75, 3.05) is 0 Å². The first-order chi connectivity index (χ1) is 6.89. The molecule has 0 saturated carbocycles. The minimum Gasteiger partial charge on any atom is -0.408 e. The second-order valence-corrected chi connectivity index (χ2v) is 4.33. The zero-order valence-corrected chi connectivity index (χ0v) is 9.07. The molecule has 1 aromatic carbocycles. The molecular weight excluding hydrogens is 192 g/mol. The van der Waals surface area contributed by atoms with Crippen molar-refractivity contribution < 1.29 is 4.42 Å². The number of hydrogen-bond donors (Lipinski definition) is 1. The first kappa shape index (κ1) is 9.98. The summed E-state index contributed by atoms with van der Waals surface area (Å²) in [6, 6.07) is 5.58. The van der Waals surface area contributed by atoms with Crippen molar-refractivity contribution in [3.05, 3.63) is 34.3 Å². The Balaban J connectivity index is 2.73. The fourth-order valence-corrected chi connectivity index (χ4v) is 1.53. The van der Waals surface area contributed by atoms with Crippen molar-refractivity contribution in [3.63, 3.8) is 0 Å². The van der Waals surface area contributed by atoms with E-state index in [-0.39, 0.29) is 5.76 Å². The van der Waals surface area contributed by atoms with Gasteiger partial charge in [0, 0.05) is 12.6 Å². The molecule has 0 saturated heterocycles. The highest BCUT2D eigenvalue weighted by molar-refractivity contribution is 5.74. The van der Waals surface area contributed by atoms with Crippen LogP contribution in [0.15, 0.2) is 27.4 Å². The summed E-state index contributed by atoms with van der Waals surface area (Å²) in [4.78, 5) is 11.3. The van der Waals surface area contributed by atoms with E-state index in [1.807, 2.05) is 32.0 Å². The molecule has 1 heterocycles. The third kappa shape index (κ3) is 1.57. The number of aromatic nitrogens is 1. The summed E-state index contributed by atoms with van der Waals surface area (Å²) in [7, 11) is 1.68.